The van der Waals surface area contributed by atoms with Crippen molar-refractivity contribution in [2.75, 3.05) is 0 Å². The molecule has 0 unspecified atom stereocenters. The van der Waals surface area contributed by atoms with E-state index in [-0.39, 0.29) is 7.92 Å². The predicted molar refractivity (Wildman–Crippen MR) is 101 cm³/mol. The predicted octanol–water partition coefficient (Wildman–Crippen LogP) is 6.58. The lowest BCUT2D eigenvalue weighted by Gasteiger charge is -2.39. The maximum absolute atomic E-state index is 2.58. The highest BCUT2D eigenvalue weighted by molar-refractivity contribution is 7.67. The van der Waals surface area contributed by atoms with Crippen LogP contribution < -0.4 is 5.30 Å². The van der Waals surface area contributed by atoms with Crippen LogP contribution in [0, 0.1) is 0 Å². The molecule has 2 fully saturated rings. The maximum atomic E-state index is 2.58. The summed E-state index contributed by atoms with van der Waals surface area (Å²) >= 11 is 0. The summed E-state index contributed by atoms with van der Waals surface area (Å²) in [4.78, 5) is 0. The fourth-order valence-electron chi connectivity index (χ4n) is 4.48. The van der Waals surface area contributed by atoms with Gasteiger partial charge in [-0.3, -0.25) is 0 Å². The molecular weight excluding hydrogens is 283 g/mol. The molecule has 0 bridgehead atoms. The van der Waals surface area contributed by atoms with Crippen molar-refractivity contribution in [2.45, 2.75) is 95.3 Å². The highest BCUT2D eigenvalue weighted by atomic mass is 31.1. The molecule has 1 aromatic carbocycles. The Labute approximate surface area is 138 Å². The van der Waals surface area contributed by atoms with Gasteiger partial charge >= 0.3 is 0 Å². The van der Waals surface area contributed by atoms with Gasteiger partial charge in [-0.15, -0.1) is 0 Å². The number of benzene rings is 1. The summed E-state index contributed by atoms with van der Waals surface area (Å²) in [6.45, 7) is 4.67. The van der Waals surface area contributed by atoms with Crippen LogP contribution >= 0.6 is 7.92 Å². The molecular formula is C21H33P. The van der Waals surface area contributed by atoms with E-state index in [2.05, 4.69) is 38.1 Å². The van der Waals surface area contributed by atoms with Gasteiger partial charge in [0.1, 0.15) is 0 Å². The summed E-state index contributed by atoms with van der Waals surface area (Å²) in [6.07, 6.45) is 14.9. The lowest BCUT2D eigenvalue weighted by molar-refractivity contribution is 0.487. The first-order valence-corrected chi connectivity index (χ1v) is 11.1. The van der Waals surface area contributed by atoms with E-state index in [0.29, 0.717) is 5.92 Å². The second kappa shape index (κ2) is 7.96. The van der Waals surface area contributed by atoms with Gasteiger partial charge in [-0.05, 0) is 53.8 Å². The normalized spacial score (nSPS) is 21.6. The largest absolute Gasteiger partial charge is 0.0690 e. The molecule has 0 aromatic heterocycles. The molecule has 2 saturated carbocycles. The van der Waals surface area contributed by atoms with E-state index < -0.39 is 0 Å². The minimum absolute atomic E-state index is 0.0669. The van der Waals surface area contributed by atoms with Crippen LogP contribution in [0.2, 0.25) is 0 Å². The Morgan fingerprint density at radius 3 is 1.86 bits per heavy atom. The highest BCUT2D eigenvalue weighted by Crippen LogP contribution is 2.54. The molecule has 122 valence electrons. The van der Waals surface area contributed by atoms with E-state index in [1.807, 2.05) is 0 Å². The van der Waals surface area contributed by atoms with Gasteiger partial charge < -0.3 is 0 Å². The fraction of sp³-hybridized carbons (Fsp3) is 0.714. The van der Waals surface area contributed by atoms with Crippen molar-refractivity contribution in [2.24, 2.45) is 0 Å². The first kappa shape index (κ1) is 16.5. The van der Waals surface area contributed by atoms with E-state index in [1.165, 1.54) is 64.2 Å². The lowest BCUT2D eigenvalue weighted by atomic mass is 9.99. The van der Waals surface area contributed by atoms with Gasteiger partial charge in [0.05, 0.1) is 0 Å². The second-order valence-corrected chi connectivity index (χ2v) is 10.5. The van der Waals surface area contributed by atoms with Crippen molar-refractivity contribution in [3.8, 4) is 0 Å². The highest BCUT2D eigenvalue weighted by Gasteiger charge is 2.32. The number of hydrogen-bond acceptors (Lipinski definition) is 0. The molecule has 2 aliphatic rings. The average molecular weight is 316 g/mol. The van der Waals surface area contributed by atoms with E-state index >= 15 is 0 Å². The van der Waals surface area contributed by atoms with Crippen molar-refractivity contribution in [3.63, 3.8) is 0 Å². The Kier molecular flexibility index (Phi) is 5.97. The molecule has 0 spiro atoms. The Bertz CT molecular complexity index is 435. The third kappa shape index (κ3) is 3.94. The Hall–Kier alpha value is -0.350. The summed E-state index contributed by atoms with van der Waals surface area (Å²) in [7, 11) is 0.0669. The van der Waals surface area contributed by atoms with Crippen LogP contribution in [0.4, 0.5) is 0 Å². The molecule has 0 heterocycles. The van der Waals surface area contributed by atoms with E-state index in [0.717, 1.165) is 11.3 Å². The molecule has 1 aromatic rings. The van der Waals surface area contributed by atoms with Crippen LogP contribution in [0.3, 0.4) is 0 Å². The molecule has 0 radical (unpaired) electrons. The van der Waals surface area contributed by atoms with Gasteiger partial charge in [-0.2, -0.15) is 0 Å². The van der Waals surface area contributed by atoms with Crippen LogP contribution in [-0.2, 0) is 0 Å². The molecule has 0 N–H and O–H groups in total. The van der Waals surface area contributed by atoms with E-state index in [4.69, 9.17) is 0 Å². The summed E-state index contributed by atoms with van der Waals surface area (Å²) in [6, 6.07) is 9.73. The van der Waals surface area contributed by atoms with Crippen molar-refractivity contribution in [1.29, 1.82) is 0 Å². The molecule has 2 aliphatic carbocycles. The third-order valence-corrected chi connectivity index (χ3v) is 9.25. The van der Waals surface area contributed by atoms with E-state index in [9.17, 15) is 0 Å². The Balaban J connectivity index is 1.87. The number of rotatable bonds is 4. The van der Waals surface area contributed by atoms with Crippen molar-refractivity contribution >= 4 is 13.2 Å². The molecule has 1 heteroatoms. The Morgan fingerprint density at radius 2 is 1.36 bits per heavy atom. The topological polar surface area (TPSA) is 0 Å². The van der Waals surface area contributed by atoms with Crippen LogP contribution in [0.1, 0.15) is 89.5 Å². The van der Waals surface area contributed by atoms with Gasteiger partial charge in [0.25, 0.3) is 0 Å². The molecule has 0 nitrogen and oxygen atoms in total. The summed E-state index contributed by atoms with van der Waals surface area (Å²) in [5.41, 5.74) is 3.60. The first-order chi connectivity index (χ1) is 10.8. The van der Waals surface area contributed by atoms with Crippen molar-refractivity contribution in [3.05, 3.63) is 29.8 Å². The maximum Gasteiger partial charge on any atom is -0.0166 e. The fourth-order valence-corrected chi connectivity index (χ4v) is 8.32. The molecule has 0 aliphatic heterocycles. The van der Waals surface area contributed by atoms with Gasteiger partial charge in [-0.1, -0.05) is 84.6 Å². The standard InChI is InChI=1S/C21H33P/c1-17(2)18-10-9-15-21(16-18)22(19-11-5-3-6-12-19)20-13-7-4-8-14-20/h9-10,15-17,19-20H,3-8,11-14H2,1-2H3. The zero-order chi connectivity index (χ0) is 15.4. The van der Waals surface area contributed by atoms with Gasteiger partial charge in [0, 0.05) is 0 Å². The van der Waals surface area contributed by atoms with Gasteiger partial charge in [0.15, 0.2) is 0 Å². The van der Waals surface area contributed by atoms with Crippen LogP contribution in [0.5, 0.6) is 0 Å². The minimum atomic E-state index is 0.0669. The van der Waals surface area contributed by atoms with Crippen molar-refractivity contribution in [1.82, 2.24) is 0 Å². The first-order valence-electron chi connectivity index (χ1n) is 9.64. The van der Waals surface area contributed by atoms with Gasteiger partial charge in [-0.25, -0.2) is 0 Å². The zero-order valence-corrected chi connectivity index (χ0v) is 15.5. The van der Waals surface area contributed by atoms with Gasteiger partial charge in [0.2, 0.25) is 0 Å². The molecule has 0 amide bonds. The third-order valence-electron chi connectivity index (χ3n) is 5.77. The van der Waals surface area contributed by atoms with Crippen LogP contribution in [-0.4, -0.2) is 11.3 Å². The summed E-state index contributed by atoms with van der Waals surface area (Å²) in [5.74, 6) is 0.662. The second-order valence-electron chi connectivity index (χ2n) is 7.74. The monoisotopic (exact) mass is 316 g/mol. The molecule has 0 saturated heterocycles. The lowest BCUT2D eigenvalue weighted by Crippen LogP contribution is -2.26. The molecule has 22 heavy (non-hydrogen) atoms. The SMILES string of the molecule is CC(C)c1cccc(P(C2CCCCC2)C2CCCCC2)c1. The summed E-state index contributed by atoms with van der Waals surface area (Å²) in [5, 5.41) is 1.74. The quantitative estimate of drug-likeness (QED) is 0.550. The zero-order valence-electron chi connectivity index (χ0n) is 14.6. The Morgan fingerprint density at radius 1 is 0.818 bits per heavy atom. The molecule has 3 rings (SSSR count). The average Bonchev–Trinajstić information content (AvgIpc) is 2.57. The summed E-state index contributed by atoms with van der Waals surface area (Å²) < 4.78 is 0. The minimum Gasteiger partial charge on any atom is -0.0690 e. The van der Waals surface area contributed by atoms with Crippen LogP contribution in [0.25, 0.3) is 0 Å². The van der Waals surface area contributed by atoms with Crippen LogP contribution in [0.15, 0.2) is 24.3 Å². The van der Waals surface area contributed by atoms with E-state index in [1.54, 1.807) is 10.9 Å². The van der Waals surface area contributed by atoms with Crippen molar-refractivity contribution < 1.29 is 0 Å². The smallest absolute Gasteiger partial charge is 0.0166 e. The molecule has 0 atom stereocenters. The number of hydrogen-bond donors (Lipinski definition) is 0.